The van der Waals surface area contributed by atoms with Crippen molar-refractivity contribution in [2.24, 2.45) is 7.05 Å². The molecular weight excluding hydrogens is 327 g/mol. The smallest absolute Gasteiger partial charge is 0.0856 e. The van der Waals surface area contributed by atoms with Crippen LogP contribution in [0.1, 0.15) is 12.6 Å². The average molecular weight is 342 g/mol. The van der Waals surface area contributed by atoms with Crippen LogP contribution in [0, 0.1) is 3.57 Å². The maximum absolute atomic E-state index is 5.73. The van der Waals surface area contributed by atoms with Gasteiger partial charge in [-0.1, -0.05) is 6.92 Å². The summed E-state index contributed by atoms with van der Waals surface area (Å²) in [6, 6.07) is 5.83. The highest BCUT2D eigenvalue weighted by molar-refractivity contribution is 14.1. The molecule has 0 aliphatic heterocycles. The number of aryl methyl sites for hydroxylation is 2. The fourth-order valence-corrected chi connectivity index (χ4v) is 2.35. The van der Waals surface area contributed by atoms with Crippen LogP contribution in [0.5, 0.6) is 0 Å². The molecule has 1 aromatic carbocycles. The summed E-state index contributed by atoms with van der Waals surface area (Å²) in [5.41, 5.74) is 9.69. The molecule has 17 heavy (non-hydrogen) atoms. The van der Waals surface area contributed by atoms with E-state index in [1.54, 1.807) is 0 Å². The third-order valence-corrected chi connectivity index (χ3v) is 3.40. The van der Waals surface area contributed by atoms with Crippen LogP contribution in [-0.4, -0.2) is 9.78 Å². The Bertz CT molecular complexity index is 533. The highest BCUT2D eigenvalue weighted by Gasteiger charge is 2.07. The largest absolute Gasteiger partial charge is 0.399 e. The van der Waals surface area contributed by atoms with Crippen LogP contribution in [0.4, 0.5) is 17.1 Å². The van der Waals surface area contributed by atoms with Gasteiger partial charge in [0.25, 0.3) is 0 Å². The Hall–Kier alpha value is -1.24. The van der Waals surface area contributed by atoms with Gasteiger partial charge in [0, 0.05) is 22.5 Å². The molecule has 1 aromatic heterocycles. The zero-order valence-corrected chi connectivity index (χ0v) is 12.0. The first-order valence-electron chi connectivity index (χ1n) is 5.44. The minimum atomic E-state index is 0.779. The normalized spacial score (nSPS) is 10.5. The minimum Gasteiger partial charge on any atom is -0.399 e. The van der Waals surface area contributed by atoms with Gasteiger partial charge in [-0.25, -0.2) is 0 Å². The average Bonchev–Trinajstić information content (AvgIpc) is 2.63. The molecule has 0 radical (unpaired) electrons. The maximum atomic E-state index is 5.73. The second-order valence-electron chi connectivity index (χ2n) is 3.88. The zero-order valence-electron chi connectivity index (χ0n) is 9.87. The van der Waals surface area contributed by atoms with Gasteiger partial charge in [-0.3, -0.25) is 4.68 Å². The number of hydrogen-bond acceptors (Lipinski definition) is 3. The van der Waals surface area contributed by atoms with E-state index in [0.717, 1.165) is 32.7 Å². The molecule has 2 rings (SSSR count). The summed E-state index contributed by atoms with van der Waals surface area (Å²) >= 11 is 2.27. The zero-order chi connectivity index (χ0) is 12.4. The van der Waals surface area contributed by atoms with Gasteiger partial charge < -0.3 is 11.1 Å². The highest BCUT2D eigenvalue weighted by atomic mass is 127. The van der Waals surface area contributed by atoms with Gasteiger partial charge >= 0.3 is 0 Å². The Morgan fingerprint density at radius 3 is 2.82 bits per heavy atom. The molecule has 0 atom stereocenters. The van der Waals surface area contributed by atoms with Gasteiger partial charge in [0.15, 0.2) is 0 Å². The molecule has 0 spiro atoms. The van der Waals surface area contributed by atoms with E-state index in [4.69, 9.17) is 5.73 Å². The number of benzene rings is 1. The van der Waals surface area contributed by atoms with Crippen LogP contribution in [0.15, 0.2) is 24.4 Å². The van der Waals surface area contributed by atoms with E-state index in [-0.39, 0.29) is 0 Å². The van der Waals surface area contributed by atoms with Crippen molar-refractivity contribution in [2.45, 2.75) is 13.3 Å². The van der Waals surface area contributed by atoms with Gasteiger partial charge in [0.05, 0.1) is 17.1 Å². The topological polar surface area (TPSA) is 55.9 Å². The Labute approximate surface area is 114 Å². The van der Waals surface area contributed by atoms with Crippen molar-refractivity contribution in [3.63, 3.8) is 0 Å². The number of hydrogen-bond donors (Lipinski definition) is 2. The Balaban J connectivity index is 2.30. The van der Waals surface area contributed by atoms with Crippen LogP contribution < -0.4 is 11.1 Å². The number of rotatable bonds is 3. The first-order chi connectivity index (χ1) is 8.10. The highest BCUT2D eigenvalue weighted by Crippen LogP contribution is 2.26. The lowest BCUT2D eigenvalue weighted by atomic mass is 10.2. The summed E-state index contributed by atoms with van der Waals surface area (Å²) in [6.07, 6.45) is 2.90. The Morgan fingerprint density at radius 1 is 1.41 bits per heavy atom. The summed E-state index contributed by atoms with van der Waals surface area (Å²) in [6.45, 7) is 2.10. The second-order valence-corrected chi connectivity index (χ2v) is 5.04. The van der Waals surface area contributed by atoms with Gasteiger partial charge in [0.1, 0.15) is 0 Å². The summed E-state index contributed by atoms with van der Waals surface area (Å²) in [7, 11) is 1.93. The molecule has 2 aromatic rings. The number of aromatic nitrogens is 2. The third-order valence-electron chi connectivity index (χ3n) is 2.50. The fourth-order valence-electron chi connectivity index (χ4n) is 1.68. The van der Waals surface area contributed by atoms with E-state index in [2.05, 4.69) is 39.9 Å². The van der Waals surface area contributed by atoms with E-state index in [1.807, 2.05) is 36.1 Å². The van der Waals surface area contributed by atoms with Crippen molar-refractivity contribution in [2.75, 3.05) is 11.1 Å². The Morgan fingerprint density at radius 2 is 2.18 bits per heavy atom. The molecule has 0 saturated carbocycles. The van der Waals surface area contributed by atoms with Gasteiger partial charge in [-0.05, 0) is 47.2 Å². The van der Waals surface area contributed by atoms with E-state index < -0.39 is 0 Å². The monoisotopic (exact) mass is 342 g/mol. The van der Waals surface area contributed by atoms with Gasteiger partial charge in [0.2, 0.25) is 0 Å². The van der Waals surface area contributed by atoms with Gasteiger partial charge in [-0.2, -0.15) is 5.10 Å². The van der Waals surface area contributed by atoms with E-state index in [9.17, 15) is 0 Å². The lowest BCUT2D eigenvalue weighted by Gasteiger charge is -2.08. The minimum absolute atomic E-state index is 0.779. The number of nitrogens with two attached hydrogens (primary N) is 1. The van der Waals surface area contributed by atoms with Crippen LogP contribution >= 0.6 is 22.6 Å². The molecule has 5 heteroatoms. The molecule has 4 nitrogen and oxygen atoms in total. The second kappa shape index (κ2) is 4.95. The summed E-state index contributed by atoms with van der Waals surface area (Å²) in [5, 5.41) is 7.79. The molecule has 90 valence electrons. The van der Waals surface area contributed by atoms with E-state index in [1.165, 1.54) is 0 Å². The van der Waals surface area contributed by atoms with Crippen LogP contribution in [0.2, 0.25) is 0 Å². The molecule has 3 N–H and O–H groups in total. The first kappa shape index (κ1) is 12.2. The fraction of sp³-hybridized carbons (Fsp3) is 0.250. The standard InChI is InChI=1S/C12H15IN4/c1-3-10-12(7-17(2)16-10)15-11-5-4-8(14)6-9(11)13/h4-7,15H,3,14H2,1-2H3. The van der Waals surface area contributed by atoms with Crippen molar-refractivity contribution < 1.29 is 0 Å². The number of nitrogens with zero attached hydrogens (tertiary/aromatic N) is 2. The number of nitrogen functional groups attached to an aromatic ring is 1. The molecule has 1 heterocycles. The number of halogens is 1. The van der Waals surface area contributed by atoms with Crippen LogP contribution in [0.3, 0.4) is 0 Å². The third kappa shape index (κ3) is 2.71. The lowest BCUT2D eigenvalue weighted by molar-refractivity contribution is 0.746. The quantitative estimate of drug-likeness (QED) is 0.666. The van der Waals surface area contributed by atoms with E-state index in [0.29, 0.717) is 0 Å². The van der Waals surface area contributed by atoms with Crippen molar-refractivity contribution in [1.29, 1.82) is 0 Å². The SMILES string of the molecule is CCc1nn(C)cc1Nc1ccc(N)cc1I. The lowest BCUT2D eigenvalue weighted by Crippen LogP contribution is -1.96. The number of anilines is 3. The maximum Gasteiger partial charge on any atom is 0.0856 e. The van der Waals surface area contributed by atoms with Crippen molar-refractivity contribution in [3.8, 4) is 0 Å². The summed E-state index contributed by atoms with van der Waals surface area (Å²) in [5.74, 6) is 0. The molecule has 0 aliphatic carbocycles. The Kier molecular flexibility index (Phi) is 3.56. The molecular formula is C12H15IN4. The molecule has 0 aliphatic rings. The van der Waals surface area contributed by atoms with E-state index >= 15 is 0 Å². The van der Waals surface area contributed by atoms with Crippen LogP contribution in [0.25, 0.3) is 0 Å². The molecule has 0 bridgehead atoms. The number of nitrogens with one attached hydrogen (secondary N) is 1. The predicted octanol–water partition coefficient (Wildman–Crippen LogP) is 2.91. The van der Waals surface area contributed by atoms with Gasteiger partial charge in [-0.15, -0.1) is 0 Å². The van der Waals surface area contributed by atoms with Crippen molar-refractivity contribution >= 4 is 39.7 Å². The molecule has 0 unspecified atom stereocenters. The summed E-state index contributed by atoms with van der Waals surface area (Å²) in [4.78, 5) is 0. The van der Waals surface area contributed by atoms with Crippen molar-refractivity contribution in [1.82, 2.24) is 9.78 Å². The molecule has 0 saturated heterocycles. The first-order valence-corrected chi connectivity index (χ1v) is 6.52. The summed E-state index contributed by atoms with van der Waals surface area (Å²) < 4.78 is 2.93. The van der Waals surface area contributed by atoms with Crippen molar-refractivity contribution in [3.05, 3.63) is 33.7 Å². The molecule has 0 fully saturated rings. The van der Waals surface area contributed by atoms with Crippen LogP contribution in [-0.2, 0) is 13.5 Å². The predicted molar refractivity (Wildman–Crippen MR) is 79.4 cm³/mol. The molecule has 0 amide bonds.